The molecule has 3 amide bonds. The van der Waals surface area contributed by atoms with Crippen molar-refractivity contribution in [3.8, 4) is 0 Å². The van der Waals surface area contributed by atoms with Crippen molar-refractivity contribution in [1.29, 1.82) is 0 Å². The van der Waals surface area contributed by atoms with E-state index >= 15 is 0 Å². The van der Waals surface area contributed by atoms with Crippen LogP contribution in [0.15, 0.2) is 24.4 Å². The van der Waals surface area contributed by atoms with Crippen molar-refractivity contribution in [2.75, 3.05) is 25.5 Å². The van der Waals surface area contributed by atoms with Gasteiger partial charge in [-0.15, -0.1) is 0 Å². The van der Waals surface area contributed by atoms with Crippen molar-refractivity contribution in [3.05, 3.63) is 40.8 Å². The number of aromatic nitrogens is 3. The van der Waals surface area contributed by atoms with Crippen LogP contribution >= 0.6 is 11.6 Å². The van der Waals surface area contributed by atoms with E-state index in [2.05, 4.69) is 49.8 Å². The molecule has 0 radical (unpaired) electrons. The third kappa shape index (κ3) is 6.73. The molecule has 1 fully saturated rings. The van der Waals surface area contributed by atoms with E-state index in [1.807, 2.05) is 0 Å². The van der Waals surface area contributed by atoms with Gasteiger partial charge in [-0.3, -0.25) is 19.2 Å². The van der Waals surface area contributed by atoms with E-state index in [4.69, 9.17) is 11.6 Å². The first-order chi connectivity index (χ1) is 15.8. The SMILES string of the molecule is CONC(=O)c1cc(C(=O)NC2CCN(C(C)C)CC2)n(CC(=O)Nc2ccc(Cl)cn2)n1. The topological polar surface area (TPSA) is 130 Å². The molecule has 33 heavy (non-hydrogen) atoms. The lowest BCUT2D eigenvalue weighted by atomic mass is 10.0. The Labute approximate surface area is 196 Å². The van der Waals surface area contributed by atoms with Crippen LogP contribution in [0.2, 0.25) is 5.02 Å². The number of nitrogens with one attached hydrogen (secondary N) is 3. The van der Waals surface area contributed by atoms with E-state index < -0.39 is 17.7 Å². The summed E-state index contributed by atoms with van der Waals surface area (Å²) in [6.45, 7) is 5.78. The molecule has 0 aromatic carbocycles. The molecule has 0 spiro atoms. The molecule has 3 N–H and O–H groups in total. The monoisotopic (exact) mass is 477 g/mol. The number of amides is 3. The summed E-state index contributed by atoms with van der Waals surface area (Å²) in [7, 11) is 1.29. The summed E-state index contributed by atoms with van der Waals surface area (Å²) in [5.74, 6) is -1.20. The Morgan fingerprint density at radius 1 is 1.21 bits per heavy atom. The summed E-state index contributed by atoms with van der Waals surface area (Å²) in [4.78, 5) is 48.7. The molecule has 0 aliphatic carbocycles. The van der Waals surface area contributed by atoms with Gasteiger partial charge >= 0.3 is 0 Å². The van der Waals surface area contributed by atoms with E-state index in [0.717, 1.165) is 25.9 Å². The average Bonchev–Trinajstić information content (AvgIpc) is 3.20. The second kappa shape index (κ2) is 11.2. The van der Waals surface area contributed by atoms with E-state index in [-0.39, 0.29) is 24.0 Å². The first-order valence-corrected chi connectivity index (χ1v) is 11.0. The maximum atomic E-state index is 13.0. The van der Waals surface area contributed by atoms with Crippen LogP contribution in [0.5, 0.6) is 0 Å². The number of nitrogens with zero attached hydrogens (tertiary/aromatic N) is 4. The zero-order valence-electron chi connectivity index (χ0n) is 18.8. The number of pyridine rings is 1. The molecule has 3 rings (SSSR count). The van der Waals surface area contributed by atoms with Gasteiger partial charge in [-0.1, -0.05) is 11.6 Å². The minimum Gasteiger partial charge on any atom is -0.348 e. The van der Waals surface area contributed by atoms with Crippen molar-refractivity contribution in [1.82, 2.24) is 30.5 Å². The van der Waals surface area contributed by atoms with Gasteiger partial charge in [-0.05, 0) is 38.8 Å². The standard InChI is InChI=1S/C21H28ClN7O4/c1-13(2)28-8-6-15(7-9-28)24-21(32)17-10-16(20(31)27-33-3)26-29(17)12-19(30)25-18-5-4-14(22)11-23-18/h4-5,10-11,13,15H,6-9,12H2,1-3H3,(H,24,32)(H,27,31)(H,23,25,30). The largest absolute Gasteiger partial charge is 0.348 e. The normalized spacial score (nSPS) is 14.8. The smallest absolute Gasteiger partial charge is 0.295 e. The third-order valence-electron chi connectivity index (χ3n) is 5.32. The number of piperidine rings is 1. The molecule has 0 atom stereocenters. The number of carbonyl (C=O) groups excluding carboxylic acids is 3. The fraction of sp³-hybridized carbons (Fsp3) is 0.476. The van der Waals surface area contributed by atoms with Gasteiger partial charge in [0.15, 0.2) is 5.69 Å². The zero-order valence-corrected chi connectivity index (χ0v) is 19.6. The highest BCUT2D eigenvalue weighted by Gasteiger charge is 2.26. The molecule has 2 aromatic rings. The minimum atomic E-state index is -0.629. The Morgan fingerprint density at radius 3 is 2.55 bits per heavy atom. The molecule has 12 heteroatoms. The van der Waals surface area contributed by atoms with E-state index in [0.29, 0.717) is 16.9 Å². The molecular formula is C21H28ClN7O4. The van der Waals surface area contributed by atoms with Crippen LogP contribution in [0.25, 0.3) is 0 Å². The second-order valence-electron chi connectivity index (χ2n) is 8.00. The van der Waals surface area contributed by atoms with Gasteiger partial charge in [0.25, 0.3) is 11.8 Å². The minimum absolute atomic E-state index is 0.000745. The van der Waals surface area contributed by atoms with Crippen LogP contribution in [-0.2, 0) is 16.2 Å². The first-order valence-electron chi connectivity index (χ1n) is 10.6. The van der Waals surface area contributed by atoms with E-state index in [1.54, 1.807) is 12.1 Å². The molecule has 0 saturated carbocycles. The predicted molar refractivity (Wildman–Crippen MR) is 122 cm³/mol. The molecule has 1 aliphatic heterocycles. The predicted octanol–water partition coefficient (Wildman–Crippen LogP) is 1.46. The highest BCUT2D eigenvalue weighted by Crippen LogP contribution is 2.15. The molecular weight excluding hydrogens is 450 g/mol. The van der Waals surface area contributed by atoms with Crippen LogP contribution in [-0.4, -0.2) is 69.7 Å². The summed E-state index contributed by atoms with van der Waals surface area (Å²) in [5, 5.41) is 10.2. The Morgan fingerprint density at radius 2 is 1.94 bits per heavy atom. The third-order valence-corrected chi connectivity index (χ3v) is 5.55. The van der Waals surface area contributed by atoms with Crippen LogP contribution in [0.4, 0.5) is 5.82 Å². The van der Waals surface area contributed by atoms with Gasteiger partial charge in [-0.2, -0.15) is 5.10 Å². The molecule has 1 saturated heterocycles. The molecule has 1 aliphatic rings. The fourth-order valence-electron chi connectivity index (χ4n) is 3.56. The number of anilines is 1. The summed E-state index contributed by atoms with van der Waals surface area (Å²) in [5.41, 5.74) is 2.21. The molecule has 0 unspecified atom stereocenters. The Balaban J connectivity index is 1.72. The summed E-state index contributed by atoms with van der Waals surface area (Å²) < 4.78 is 1.19. The van der Waals surface area contributed by atoms with Crippen molar-refractivity contribution in [3.63, 3.8) is 0 Å². The number of hydrogen-bond donors (Lipinski definition) is 3. The average molecular weight is 478 g/mol. The molecule has 11 nitrogen and oxygen atoms in total. The number of carbonyl (C=O) groups is 3. The lowest BCUT2D eigenvalue weighted by Gasteiger charge is -2.34. The zero-order chi connectivity index (χ0) is 24.0. The van der Waals surface area contributed by atoms with Gasteiger partial charge in [0.2, 0.25) is 5.91 Å². The lowest BCUT2D eigenvalue weighted by Crippen LogP contribution is -2.47. The Kier molecular flexibility index (Phi) is 8.37. The summed E-state index contributed by atoms with van der Waals surface area (Å²) >= 11 is 5.81. The molecule has 2 aromatic heterocycles. The molecule has 178 valence electrons. The number of hydroxylamine groups is 1. The number of halogens is 1. The van der Waals surface area contributed by atoms with E-state index in [9.17, 15) is 14.4 Å². The Bertz CT molecular complexity index is 985. The lowest BCUT2D eigenvalue weighted by molar-refractivity contribution is -0.116. The second-order valence-corrected chi connectivity index (χ2v) is 8.43. The quantitative estimate of drug-likeness (QED) is 0.490. The van der Waals surface area contributed by atoms with E-state index in [1.165, 1.54) is 24.1 Å². The summed E-state index contributed by atoms with van der Waals surface area (Å²) in [6.07, 6.45) is 3.04. The van der Waals surface area contributed by atoms with Crippen LogP contribution in [0.3, 0.4) is 0 Å². The number of hydrogen-bond acceptors (Lipinski definition) is 7. The highest BCUT2D eigenvalue weighted by molar-refractivity contribution is 6.30. The van der Waals surface area contributed by atoms with Gasteiger partial charge in [0, 0.05) is 37.4 Å². The van der Waals surface area contributed by atoms with Crippen LogP contribution in [0, 0.1) is 0 Å². The maximum Gasteiger partial charge on any atom is 0.295 e. The number of likely N-dealkylation sites (tertiary alicyclic amines) is 1. The van der Waals surface area contributed by atoms with Gasteiger partial charge in [0.05, 0.1) is 12.1 Å². The van der Waals surface area contributed by atoms with Gasteiger partial charge < -0.3 is 15.5 Å². The molecule has 3 heterocycles. The first kappa shape index (κ1) is 24.6. The molecule has 0 bridgehead atoms. The maximum absolute atomic E-state index is 13.0. The van der Waals surface area contributed by atoms with Crippen molar-refractivity contribution in [2.45, 2.75) is 45.3 Å². The van der Waals surface area contributed by atoms with Crippen LogP contribution in [0.1, 0.15) is 47.7 Å². The van der Waals surface area contributed by atoms with Crippen molar-refractivity contribution in [2.24, 2.45) is 0 Å². The highest BCUT2D eigenvalue weighted by atomic mass is 35.5. The number of rotatable bonds is 8. The van der Waals surface area contributed by atoms with Crippen molar-refractivity contribution >= 4 is 35.1 Å². The van der Waals surface area contributed by atoms with Crippen LogP contribution < -0.4 is 16.1 Å². The van der Waals surface area contributed by atoms with Gasteiger partial charge in [0.1, 0.15) is 18.1 Å². The van der Waals surface area contributed by atoms with Crippen molar-refractivity contribution < 1.29 is 19.2 Å². The summed E-state index contributed by atoms with van der Waals surface area (Å²) in [6, 6.07) is 4.94. The fourth-order valence-corrected chi connectivity index (χ4v) is 3.68. The van der Waals surface area contributed by atoms with Gasteiger partial charge in [-0.25, -0.2) is 15.1 Å². The Hall–Kier alpha value is -3.02.